The average molecular weight is 686 g/mol. The molecule has 2 fully saturated rings. The van der Waals surface area contributed by atoms with Crippen LogP contribution < -0.4 is 10.6 Å². The Bertz CT molecular complexity index is 1720. The lowest BCUT2D eigenvalue weighted by Crippen LogP contribution is -2.57. The lowest BCUT2D eigenvalue weighted by Gasteiger charge is -2.44. The van der Waals surface area contributed by atoms with Crippen LogP contribution >= 0.6 is 23.2 Å². The van der Waals surface area contributed by atoms with E-state index in [4.69, 9.17) is 27.9 Å². The highest BCUT2D eigenvalue weighted by Crippen LogP contribution is 2.59. The molecule has 4 atom stereocenters. The van der Waals surface area contributed by atoms with Gasteiger partial charge in [0.1, 0.15) is 11.4 Å². The number of nitro benzene ring substituents is 1. The number of nitrogens with zero attached hydrogens (tertiary/aromatic N) is 2. The van der Waals surface area contributed by atoms with E-state index in [0.29, 0.717) is 16.3 Å². The predicted molar refractivity (Wildman–Crippen MR) is 175 cm³/mol. The number of likely N-dealkylation sites (tertiary alicyclic amines) is 1. The second-order valence-corrected chi connectivity index (χ2v) is 13.2. The molecule has 3 aliphatic rings. The summed E-state index contributed by atoms with van der Waals surface area (Å²) in [6.07, 6.45) is 5.48. The number of anilines is 1. The molecule has 2 aliphatic heterocycles. The molecule has 3 aromatic rings. The number of nitrogens with one attached hydrogen (secondary N) is 2. The standard InChI is InChI=1S/C34H35Cl2FN4O6/c1-47-32(43)19-11-12-20(27(15-19)41(45)46)17-38-31-28(18-42)40(22-7-4-2-3-5-8-22)34(29(31)23-9-6-10-25(36)30(23)37)24-14-13-21(35)16-26(24)39-33(34)44/h6,9-16,22,28-29,31,38,42H,2-5,7-8,17-18H2,1H3,(H,39,44)/t28-,29-,31+,34+/m0/s1. The molecule has 13 heteroatoms. The molecule has 1 saturated heterocycles. The largest absolute Gasteiger partial charge is 0.465 e. The number of methoxy groups -OCH3 is 1. The minimum Gasteiger partial charge on any atom is -0.465 e. The van der Waals surface area contributed by atoms with Gasteiger partial charge in [0.25, 0.3) is 5.69 Å². The fourth-order valence-corrected chi connectivity index (χ4v) is 8.37. The van der Waals surface area contributed by atoms with Crippen LogP contribution in [0.3, 0.4) is 0 Å². The zero-order chi connectivity index (χ0) is 33.5. The molecule has 1 amide bonds. The topological polar surface area (TPSA) is 134 Å². The average Bonchev–Trinajstić information content (AvgIpc) is 3.33. The molecule has 248 valence electrons. The van der Waals surface area contributed by atoms with E-state index in [1.165, 1.54) is 25.3 Å². The van der Waals surface area contributed by atoms with Crippen LogP contribution in [0.4, 0.5) is 15.8 Å². The van der Waals surface area contributed by atoms with Gasteiger partial charge < -0.3 is 20.5 Å². The van der Waals surface area contributed by atoms with Crippen molar-refractivity contribution in [2.24, 2.45) is 0 Å². The third-order valence-corrected chi connectivity index (χ3v) is 10.5. The first-order chi connectivity index (χ1) is 22.6. The summed E-state index contributed by atoms with van der Waals surface area (Å²) >= 11 is 12.7. The summed E-state index contributed by atoms with van der Waals surface area (Å²) in [4.78, 5) is 40.4. The van der Waals surface area contributed by atoms with Crippen molar-refractivity contribution in [3.8, 4) is 0 Å². The van der Waals surface area contributed by atoms with Crippen molar-refractivity contribution in [1.82, 2.24) is 10.2 Å². The smallest absolute Gasteiger partial charge is 0.338 e. The van der Waals surface area contributed by atoms with E-state index in [1.54, 1.807) is 30.3 Å². The van der Waals surface area contributed by atoms with Gasteiger partial charge in [-0.05, 0) is 42.7 Å². The zero-order valence-corrected chi connectivity index (χ0v) is 27.2. The van der Waals surface area contributed by atoms with Crippen LogP contribution in [0.15, 0.2) is 54.6 Å². The second kappa shape index (κ2) is 13.5. The molecule has 1 spiro atoms. The number of carbonyl (C=O) groups is 2. The van der Waals surface area contributed by atoms with Gasteiger partial charge in [-0.3, -0.25) is 19.8 Å². The van der Waals surface area contributed by atoms with Crippen LogP contribution in [0.1, 0.15) is 71.5 Å². The fraction of sp³-hybridized carbons (Fsp3) is 0.412. The van der Waals surface area contributed by atoms with Gasteiger partial charge >= 0.3 is 5.97 Å². The van der Waals surface area contributed by atoms with E-state index in [-0.39, 0.29) is 52.5 Å². The zero-order valence-electron chi connectivity index (χ0n) is 25.7. The van der Waals surface area contributed by atoms with Crippen molar-refractivity contribution in [2.45, 2.75) is 74.7 Å². The van der Waals surface area contributed by atoms with Crippen LogP contribution in [0.2, 0.25) is 10.0 Å². The molecule has 10 nitrogen and oxygen atoms in total. The van der Waals surface area contributed by atoms with Gasteiger partial charge in [-0.25, -0.2) is 9.18 Å². The monoisotopic (exact) mass is 684 g/mol. The van der Waals surface area contributed by atoms with Crippen molar-refractivity contribution in [1.29, 1.82) is 0 Å². The molecule has 1 aliphatic carbocycles. The van der Waals surface area contributed by atoms with E-state index >= 15 is 4.39 Å². The van der Waals surface area contributed by atoms with E-state index in [9.17, 15) is 24.8 Å². The van der Waals surface area contributed by atoms with Crippen LogP contribution in [-0.2, 0) is 21.6 Å². The molecule has 47 heavy (non-hydrogen) atoms. The fourth-order valence-electron chi connectivity index (χ4n) is 8.02. The summed E-state index contributed by atoms with van der Waals surface area (Å²) < 4.78 is 21.0. The number of hydrogen-bond donors (Lipinski definition) is 3. The van der Waals surface area contributed by atoms with Crippen LogP contribution in [-0.4, -0.2) is 58.6 Å². The van der Waals surface area contributed by atoms with E-state index in [0.717, 1.165) is 44.6 Å². The number of ether oxygens (including phenoxy) is 1. The Balaban J connectivity index is 1.55. The molecule has 0 unspecified atom stereocenters. The van der Waals surface area contributed by atoms with Crippen LogP contribution in [0, 0.1) is 15.9 Å². The lowest BCUT2D eigenvalue weighted by atomic mass is 9.73. The molecule has 0 bridgehead atoms. The highest BCUT2D eigenvalue weighted by atomic mass is 35.5. The Morgan fingerprint density at radius 1 is 1.15 bits per heavy atom. The number of rotatable bonds is 8. The maximum absolute atomic E-state index is 16.3. The maximum atomic E-state index is 16.3. The highest BCUT2D eigenvalue weighted by molar-refractivity contribution is 6.31. The Hall–Kier alpha value is -3.61. The number of halogens is 3. The molecule has 3 aromatic carbocycles. The Morgan fingerprint density at radius 2 is 1.89 bits per heavy atom. The van der Waals surface area contributed by atoms with Gasteiger partial charge in [-0.15, -0.1) is 0 Å². The molecule has 6 rings (SSSR count). The van der Waals surface area contributed by atoms with Crippen molar-refractivity contribution in [3.05, 3.63) is 103 Å². The summed E-state index contributed by atoms with van der Waals surface area (Å²) in [6.45, 7) is -0.463. The van der Waals surface area contributed by atoms with Gasteiger partial charge in [0.05, 0.1) is 35.3 Å². The first kappa shape index (κ1) is 33.3. The molecule has 2 heterocycles. The molecular weight excluding hydrogens is 650 g/mol. The Morgan fingerprint density at radius 3 is 2.57 bits per heavy atom. The van der Waals surface area contributed by atoms with Crippen molar-refractivity contribution < 1.29 is 28.7 Å². The number of carbonyl (C=O) groups excluding carboxylic acids is 2. The predicted octanol–water partition coefficient (Wildman–Crippen LogP) is 6.32. The first-order valence-corrected chi connectivity index (χ1v) is 16.4. The second-order valence-electron chi connectivity index (χ2n) is 12.3. The normalized spacial score (nSPS) is 24.6. The van der Waals surface area contributed by atoms with Crippen molar-refractivity contribution in [2.75, 3.05) is 19.0 Å². The first-order valence-electron chi connectivity index (χ1n) is 15.7. The minimum absolute atomic E-state index is 0.0207. The third-order valence-electron chi connectivity index (χ3n) is 9.93. The Labute approximate surface area is 281 Å². The van der Waals surface area contributed by atoms with E-state index in [2.05, 4.69) is 15.5 Å². The molecule has 3 N–H and O–H groups in total. The van der Waals surface area contributed by atoms with Gasteiger partial charge in [-0.2, -0.15) is 0 Å². The number of benzene rings is 3. The lowest BCUT2D eigenvalue weighted by molar-refractivity contribution is -0.385. The number of aliphatic hydroxyl groups is 1. The van der Waals surface area contributed by atoms with Crippen molar-refractivity contribution >= 4 is 46.5 Å². The summed E-state index contributed by atoms with van der Waals surface area (Å²) in [5.41, 5.74) is -0.221. The number of hydrogen-bond acceptors (Lipinski definition) is 8. The van der Waals surface area contributed by atoms with Gasteiger partial charge in [0, 0.05) is 52.4 Å². The van der Waals surface area contributed by atoms with Gasteiger partial charge in [0.2, 0.25) is 5.91 Å². The number of nitro groups is 1. The number of esters is 1. The van der Waals surface area contributed by atoms with Crippen LogP contribution in [0.25, 0.3) is 0 Å². The summed E-state index contributed by atoms with van der Waals surface area (Å²) in [5, 5.41) is 30.0. The SMILES string of the molecule is COC(=O)c1ccc(CN[C@@H]2[C@H](CO)N(C3CCCCCC3)[C@@]3(C(=O)Nc4cc(Cl)ccc43)[C@H]2c2cccc(Cl)c2F)c([N+](=O)[O-])c1. The number of amides is 1. The highest BCUT2D eigenvalue weighted by Gasteiger charge is 2.68. The minimum atomic E-state index is -1.48. The maximum Gasteiger partial charge on any atom is 0.338 e. The van der Waals surface area contributed by atoms with Crippen LogP contribution in [0.5, 0.6) is 0 Å². The van der Waals surface area contributed by atoms with E-state index < -0.39 is 40.3 Å². The van der Waals surface area contributed by atoms with E-state index in [1.807, 2.05) is 0 Å². The van der Waals surface area contributed by atoms with Crippen molar-refractivity contribution in [3.63, 3.8) is 0 Å². The molecular formula is C34H35Cl2FN4O6. The molecule has 0 aromatic heterocycles. The summed E-state index contributed by atoms with van der Waals surface area (Å²) in [6, 6.07) is 12.2. The summed E-state index contributed by atoms with van der Waals surface area (Å²) in [5.74, 6) is -2.71. The number of fused-ring (bicyclic) bond motifs is 2. The third kappa shape index (κ3) is 5.67. The number of aliphatic hydroxyl groups excluding tert-OH is 1. The molecule has 1 saturated carbocycles. The van der Waals surface area contributed by atoms with Gasteiger partial charge in [0.15, 0.2) is 0 Å². The quantitative estimate of drug-likeness (QED) is 0.109. The Kier molecular flexibility index (Phi) is 9.55. The summed E-state index contributed by atoms with van der Waals surface area (Å²) in [7, 11) is 1.19. The molecule has 0 radical (unpaired) electrons. The van der Waals surface area contributed by atoms with Gasteiger partial charge in [-0.1, -0.05) is 73.2 Å².